The molecule has 0 aromatic heterocycles. The zero-order valence-corrected chi connectivity index (χ0v) is 16.6. The summed E-state index contributed by atoms with van der Waals surface area (Å²) in [5.74, 6) is -0.413. The fourth-order valence-electron chi connectivity index (χ4n) is 2.71. The molecule has 3 aromatic rings. The van der Waals surface area contributed by atoms with Gasteiger partial charge in [0.25, 0.3) is 10.0 Å². The summed E-state index contributed by atoms with van der Waals surface area (Å²) in [5.41, 5.74) is 3.14. The Morgan fingerprint density at radius 2 is 1.36 bits per heavy atom. The molecule has 1 N–H and O–H groups in total. The summed E-state index contributed by atoms with van der Waals surface area (Å²) in [4.78, 5) is 12.7. The molecule has 1 amide bonds. The van der Waals surface area contributed by atoms with Crippen LogP contribution in [0.25, 0.3) is 0 Å². The van der Waals surface area contributed by atoms with Crippen LogP contribution in [0.1, 0.15) is 11.1 Å². The smallest absolute Gasteiger partial charge is 0.264 e. The molecular weight excluding hydrogens is 372 g/mol. The third-order valence-electron chi connectivity index (χ3n) is 4.28. The number of nitrogens with zero attached hydrogens (tertiary/aromatic N) is 1. The van der Waals surface area contributed by atoms with E-state index in [1.807, 2.05) is 38.1 Å². The first kappa shape index (κ1) is 19.6. The molecule has 28 heavy (non-hydrogen) atoms. The van der Waals surface area contributed by atoms with Gasteiger partial charge in [-0.2, -0.15) is 0 Å². The average molecular weight is 394 g/mol. The molecule has 3 aromatic carbocycles. The van der Waals surface area contributed by atoms with Crippen LogP contribution < -0.4 is 9.62 Å². The van der Waals surface area contributed by atoms with Gasteiger partial charge < -0.3 is 5.32 Å². The number of nitrogens with one attached hydrogen (secondary N) is 1. The second-order valence-corrected chi connectivity index (χ2v) is 8.44. The van der Waals surface area contributed by atoms with Crippen molar-refractivity contribution >= 4 is 27.3 Å². The van der Waals surface area contributed by atoms with Gasteiger partial charge in [-0.05, 0) is 50.2 Å². The number of benzene rings is 3. The SMILES string of the molecule is Cc1ccc(NC(=O)CN(c2ccc(C)cc2)S(=O)(=O)c2ccccc2)cc1. The molecule has 5 nitrogen and oxygen atoms in total. The highest BCUT2D eigenvalue weighted by Gasteiger charge is 2.27. The van der Waals surface area contributed by atoms with Gasteiger partial charge in [0, 0.05) is 5.69 Å². The van der Waals surface area contributed by atoms with Gasteiger partial charge in [-0.15, -0.1) is 0 Å². The lowest BCUT2D eigenvalue weighted by Crippen LogP contribution is -2.38. The van der Waals surface area contributed by atoms with Crippen LogP contribution in [-0.2, 0) is 14.8 Å². The molecule has 0 aliphatic heterocycles. The fourth-order valence-corrected chi connectivity index (χ4v) is 4.16. The number of sulfonamides is 1. The van der Waals surface area contributed by atoms with Crippen LogP contribution in [0.4, 0.5) is 11.4 Å². The van der Waals surface area contributed by atoms with E-state index in [4.69, 9.17) is 0 Å². The standard InChI is InChI=1S/C22H22N2O3S/c1-17-8-12-19(13-9-17)23-22(25)16-24(20-14-10-18(2)11-15-20)28(26,27)21-6-4-3-5-7-21/h3-15H,16H2,1-2H3,(H,23,25). The summed E-state index contributed by atoms with van der Waals surface area (Å²) in [6.45, 7) is 3.55. The van der Waals surface area contributed by atoms with Gasteiger partial charge in [-0.1, -0.05) is 53.6 Å². The highest BCUT2D eigenvalue weighted by Crippen LogP contribution is 2.24. The number of carbonyl (C=O) groups is 1. The minimum atomic E-state index is -3.89. The Hall–Kier alpha value is -3.12. The molecule has 0 unspecified atom stereocenters. The van der Waals surface area contributed by atoms with Crippen molar-refractivity contribution in [3.8, 4) is 0 Å². The number of hydrogen-bond donors (Lipinski definition) is 1. The van der Waals surface area contributed by atoms with Crippen molar-refractivity contribution in [3.63, 3.8) is 0 Å². The van der Waals surface area contributed by atoms with Gasteiger partial charge in [-0.25, -0.2) is 8.42 Å². The summed E-state index contributed by atoms with van der Waals surface area (Å²) < 4.78 is 27.5. The Bertz CT molecular complexity index is 1050. The van der Waals surface area contributed by atoms with Crippen molar-refractivity contribution in [3.05, 3.63) is 90.0 Å². The molecule has 0 spiro atoms. The van der Waals surface area contributed by atoms with Crippen molar-refractivity contribution in [2.75, 3.05) is 16.2 Å². The van der Waals surface area contributed by atoms with Crippen LogP contribution in [-0.4, -0.2) is 20.9 Å². The zero-order valence-electron chi connectivity index (χ0n) is 15.8. The highest BCUT2D eigenvalue weighted by molar-refractivity contribution is 7.92. The van der Waals surface area contributed by atoms with Crippen molar-refractivity contribution < 1.29 is 13.2 Å². The van der Waals surface area contributed by atoms with E-state index in [1.54, 1.807) is 42.5 Å². The Kier molecular flexibility index (Phi) is 5.80. The van der Waals surface area contributed by atoms with E-state index in [1.165, 1.54) is 12.1 Å². The lowest BCUT2D eigenvalue weighted by molar-refractivity contribution is -0.114. The maximum absolute atomic E-state index is 13.2. The topological polar surface area (TPSA) is 66.5 Å². The lowest BCUT2D eigenvalue weighted by Gasteiger charge is -2.24. The molecule has 0 aliphatic carbocycles. The summed E-state index contributed by atoms with van der Waals surface area (Å²) in [6.07, 6.45) is 0. The van der Waals surface area contributed by atoms with Crippen LogP contribution in [0, 0.1) is 13.8 Å². The van der Waals surface area contributed by atoms with E-state index in [2.05, 4.69) is 5.32 Å². The number of carbonyl (C=O) groups excluding carboxylic acids is 1. The third kappa shape index (κ3) is 4.58. The molecule has 0 saturated carbocycles. The Morgan fingerprint density at radius 1 is 0.821 bits per heavy atom. The molecule has 6 heteroatoms. The van der Waals surface area contributed by atoms with E-state index in [9.17, 15) is 13.2 Å². The number of hydrogen-bond acceptors (Lipinski definition) is 3. The second-order valence-electron chi connectivity index (χ2n) is 6.57. The van der Waals surface area contributed by atoms with E-state index in [0.29, 0.717) is 11.4 Å². The van der Waals surface area contributed by atoms with Crippen molar-refractivity contribution in [2.45, 2.75) is 18.7 Å². The van der Waals surface area contributed by atoms with Crippen LogP contribution in [0.2, 0.25) is 0 Å². The largest absolute Gasteiger partial charge is 0.325 e. The van der Waals surface area contributed by atoms with Gasteiger partial charge in [0.15, 0.2) is 0 Å². The van der Waals surface area contributed by atoms with Crippen molar-refractivity contribution in [1.82, 2.24) is 0 Å². The summed E-state index contributed by atoms with van der Waals surface area (Å²) in [6, 6.07) is 22.5. The number of amides is 1. The molecule has 0 atom stereocenters. The summed E-state index contributed by atoms with van der Waals surface area (Å²) in [7, 11) is -3.89. The number of anilines is 2. The predicted octanol–water partition coefficient (Wildman–Crippen LogP) is 4.14. The summed E-state index contributed by atoms with van der Waals surface area (Å²) in [5, 5.41) is 2.76. The molecule has 3 rings (SSSR count). The minimum Gasteiger partial charge on any atom is -0.325 e. The van der Waals surface area contributed by atoms with Gasteiger partial charge in [0.2, 0.25) is 5.91 Å². The number of aryl methyl sites for hydroxylation is 2. The molecule has 0 saturated heterocycles. The zero-order chi connectivity index (χ0) is 20.1. The quantitative estimate of drug-likeness (QED) is 0.683. The molecule has 144 valence electrons. The van der Waals surface area contributed by atoms with Crippen LogP contribution >= 0.6 is 0 Å². The van der Waals surface area contributed by atoms with Gasteiger partial charge >= 0.3 is 0 Å². The van der Waals surface area contributed by atoms with E-state index < -0.39 is 15.9 Å². The molecule has 0 radical (unpaired) electrons. The van der Waals surface area contributed by atoms with Crippen LogP contribution in [0.15, 0.2) is 83.8 Å². The molecule has 0 heterocycles. The highest BCUT2D eigenvalue weighted by atomic mass is 32.2. The normalized spacial score (nSPS) is 11.1. The van der Waals surface area contributed by atoms with E-state index in [0.717, 1.165) is 15.4 Å². The Labute approximate surface area is 165 Å². The molecule has 0 fully saturated rings. The fraction of sp³-hybridized carbons (Fsp3) is 0.136. The monoisotopic (exact) mass is 394 g/mol. The van der Waals surface area contributed by atoms with Gasteiger partial charge in [-0.3, -0.25) is 9.10 Å². The minimum absolute atomic E-state index is 0.138. The van der Waals surface area contributed by atoms with E-state index in [-0.39, 0.29) is 11.4 Å². The summed E-state index contributed by atoms with van der Waals surface area (Å²) >= 11 is 0. The van der Waals surface area contributed by atoms with Gasteiger partial charge in [0.1, 0.15) is 6.54 Å². The van der Waals surface area contributed by atoms with Crippen LogP contribution in [0.5, 0.6) is 0 Å². The molecule has 0 aliphatic rings. The van der Waals surface area contributed by atoms with Crippen molar-refractivity contribution in [1.29, 1.82) is 0 Å². The maximum atomic E-state index is 13.2. The maximum Gasteiger partial charge on any atom is 0.264 e. The Balaban J connectivity index is 1.91. The lowest BCUT2D eigenvalue weighted by atomic mass is 10.2. The Morgan fingerprint density at radius 3 is 1.93 bits per heavy atom. The van der Waals surface area contributed by atoms with E-state index >= 15 is 0 Å². The first-order chi connectivity index (χ1) is 13.4. The molecule has 0 bridgehead atoms. The average Bonchev–Trinajstić information content (AvgIpc) is 2.69. The first-order valence-corrected chi connectivity index (χ1v) is 10.3. The predicted molar refractivity (Wildman–Crippen MR) is 112 cm³/mol. The van der Waals surface area contributed by atoms with Crippen LogP contribution in [0.3, 0.4) is 0 Å². The number of rotatable bonds is 6. The van der Waals surface area contributed by atoms with Gasteiger partial charge in [0.05, 0.1) is 10.6 Å². The second kappa shape index (κ2) is 8.27. The van der Waals surface area contributed by atoms with Crippen molar-refractivity contribution in [2.24, 2.45) is 0 Å². The third-order valence-corrected chi connectivity index (χ3v) is 6.06. The first-order valence-electron chi connectivity index (χ1n) is 8.87. The molecular formula is C22H22N2O3S.